The summed E-state index contributed by atoms with van der Waals surface area (Å²) in [6.45, 7) is 0.287. The number of aromatic nitrogens is 2. The van der Waals surface area contributed by atoms with Crippen LogP contribution in [0, 0.1) is 0 Å². The summed E-state index contributed by atoms with van der Waals surface area (Å²) in [6.07, 6.45) is 1.64. The molecule has 0 aliphatic rings. The maximum Gasteiger partial charge on any atom is 0.274 e. The number of hydrogen-bond donors (Lipinski definition) is 1. The van der Waals surface area contributed by atoms with Crippen LogP contribution in [-0.2, 0) is 6.54 Å². The Morgan fingerprint density at radius 1 is 1.35 bits per heavy atom. The molecule has 102 valence electrons. The Labute approximate surface area is 117 Å². The Kier molecular flexibility index (Phi) is 3.11. The maximum atomic E-state index is 12.4. The summed E-state index contributed by atoms with van der Waals surface area (Å²) in [4.78, 5) is 20.0. The maximum absolute atomic E-state index is 12.4. The van der Waals surface area contributed by atoms with Gasteiger partial charge in [-0.1, -0.05) is 6.07 Å². The smallest absolute Gasteiger partial charge is 0.274 e. The number of nitrogens with two attached hydrogens (primary N) is 1. The lowest BCUT2D eigenvalue weighted by molar-refractivity contribution is -0.00403. The molecule has 0 bridgehead atoms. The van der Waals surface area contributed by atoms with Gasteiger partial charge in [-0.2, -0.15) is 0 Å². The number of fused-ring (bicyclic) bond motifs is 1. The van der Waals surface area contributed by atoms with Crippen LogP contribution in [0.4, 0.5) is 10.2 Å². The molecule has 2 aromatic heterocycles. The van der Waals surface area contributed by atoms with Crippen LogP contribution in [0.2, 0.25) is 0 Å². The van der Waals surface area contributed by atoms with Crippen molar-refractivity contribution in [3.8, 4) is 5.75 Å². The zero-order valence-corrected chi connectivity index (χ0v) is 11.1. The summed E-state index contributed by atoms with van der Waals surface area (Å²) >= 11 is 1.28. The molecule has 0 spiro atoms. The number of rotatable bonds is 3. The average molecular weight is 291 g/mol. The number of anilines is 1. The molecule has 0 aliphatic heterocycles. The van der Waals surface area contributed by atoms with Crippen molar-refractivity contribution in [3.05, 3.63) is 51.9 Å². The quantitative estimate of drug-likeness (QED) is 0.804. The highest BCUT2D eigenvalue weighted by Gasteiger charge is 2.10. The van der Waals surface area contributed by atoms with Crippen molar-refractivity contribution in [1.29, 1.82) is 0 Å². The number of nitrogens with zero attached hydrogens (tertiary/aromatic N) is 2. The van der Waals surface area contributed by atoms with Crippen LogP contribution in [0.25, 0.3) is 10.2 Å². The second kappa shape index (κ2) is 4.93. The molecule has 0 atom stereocenters. The van der Waals surface area contributed by atoms with Crippen molar-refractivity contribution >= 4 is 27.2 Å². The van der Waals surface area contributed by atoms with Crippen LogP contribution < -0.4 is 16.2 Å². The summed E-state index contributed by atoms with van der Waals surface area (Å²) < 4.78 is 14.5. The molecule has 0 saturated heterocycles. The van der Waals surface area contributed by atoms with E-state index < -0.39 is 0 Å². The van der Waals surface area contributed by atoms with E-state index in [0.717, 1.165) is 0 Å². The molecule has 0 saturated carbocycles. The predicted molar refractivity (Wildman–Crippen MR) is 75.6 cm³/mol. The first-order valence-electron chi connectivity index (χ1n) is 5.81. The summed E-state index contributed by atoms with van der Waals surface area (Å²) in [5.74, 6) is 0.131. The molecule has 1 aromatic carbocycles. The zero-order chi connectivity index (χ0) is 14.1. The number of hydrogen-bond acceptors (Lipinski definition) is 5. The van der Waals surface area contributed by atoms with E-state index in [4.69, 9.17) is 5.73 Å². The fraction of sp³-hybridized carbons (Fsp3) is 0.0769. The van der Waals surface area contributed by atoms with Crippen molar-refractivity contribution in [2.45, 2.75) is 6.54 Å². The lowest BCUT2D eigenvalue weighted by Gasteiger charge is -2.02. The largest absolute Gasteiger partial charge is 0.394 e. The molecular formula is C13H10FN3O2S. The van der Waals surface area contributed by atoms with E-state index in [-0.39, 0.29) is 23.5 Å². The van der Waals surface area contributed by atoms with Crippen LogP contribution in [-0.4, -0.2) is 9.55 Å². The van der Waals surface area contributed by atoms with Gasteiger partial charge >= 0.3 is 0 Å². The molecule has 2 N–H and O–H groups in total. The van der Waals surface area contributed by atoms with Gasteiger partial charge in [-0.3, -0.25) is 9.74 Å². The van der Waals surface area contributed by atoms with Gasteiger partial charge < -0.3 is 10.3 Å². The van der Waals surface area contributed by atoms with Crippen LogP contribution in [0.5, 0.6) is 5.75 Å². The Balaban J connectivity index is 2.03. The molecular weight excluding hydrogens is 281 g/mol. The molecule has 0 aliphatic carbocycles. The van der Waals surface area contributed by atoms with Crippen molar-refractivity contribution in [1.82, 2.24) is 9.55 Å². The average Bonchev–Trinajstić information content (AvgIpc) is 2.86. The van der Waals surface area contributed by atoms with Gasteiger partial charge in [-0.25, -0.2) is 4.98 Å². The summed E-state index contributed by atoms with van der Waals surface area (Å²) in [5, 5.41) is 0.678. The molecule has 5 nitrogen and oxygen atoms in total. The molecule has 3 aromatic rings. The van der Waals surface area contributed by atoms with E-state index in [1.165, 1.54) is 22.0 Å². The minimum absolute atomic E-state index is 0.131. The van der Waals surface area contributed by atoms with Gasteiger partial charge in [0, 0.05) is 10.7 Å². The number of halogens is 1. The SMILES string of the molecule is Nc1cccn(Cc2nc3cccc(OF)c3s2)c1=O. The Hall–Kier alpha value is -2.41. The number of nitrogen functional groups attached to an aromatic ring is 1. The molecule has 7 heteroatoms. The topological polar surface area (TPSA) is 70.1 Å². The van der Waals surface area contributed by atoms with E-state index in [1.807, 2.05) is 0 Å². The first-order valence-corrected chi connectivity index (χ1v) is 6.62. The van der Waals surface area contributed by atoms with Crippen molar-refractivity contribution in [3.63, 3.8) is 0 Å². The van der Waals surface area contributed by atoms with Crippen molar-refractivity contribution in [2.75, 3.05) is 5.73 Å². The minimum atomic E-state index is -0.270. The number of pyridine rings is 1. The van der Waals surface area contributed by atoms with E-state index in [9.17, 15) is 9.32 Å². The highest BCUT2D eigenvalue weighted by Crippen LogP contribution is 2.31. The minimum Gasteiger partial charge on any atom is -0.394 e. The predicted octanol–water partition coefficient (Wildman–Crippen LogP) is 2.35. The molecule has 3 rings (SSSR count). The van der Waals surface area contributed by atoms with E-state index in [1.54, 1.807) is 30.5 Å². The Morgan fingerprint density at radius 2 is 2.20 bits per heavy atom. The van der Waals surface area contributed by atoms with Gasteiger partial charge in [0.05, 0.1) is 17.7 Å². The van der Waals surface area contributed by atoms with Gasteiger partial charge in [-0.05, 0) is 24.3 Å². The zero-order valence-electron chi connectivity index (χ0n) is 10.2. The van der Waals surface area contributed by atoms with Gasteiger partial charge in [0.25, 0.3) is 5.56 Å². The van der Waals surface area contributed by atoms with Gasteiger partial charge in [0.15, 0.2) is 5.75 Å². The van der Waals surface area contributed by atoms with Crippen molar-refractivity contribution in [2.24, 2.45) is 0 Å². The van der Waals surface area contributed by atoms with E-state index >= 15 is 0 Å². The van der Waals surface area contributed by atoms with Crippen LogP contribution in [0.3, 0.4) is 0 Å². The van der Waals surface area contributed by atoms with E-state index in [2.05, 4.69) is 9.93 Å². The number of benzene rings is 1. The third-order valence-electron chi connectivity index (χ3n) is 2.86. The molecule has 0 unspecified atom stereocenters. The second-order valence-electron chi connectivity index (χ2n) is 4.19. The fourth-order valence-corrected chi connectivity index (χ4v) is 2.93. The number of thiazole rings is 1. The Morgan fingerprint density at radius 3 is 3.00 bits per heavy atom. The molecule has 2 heterocycles. The first-order chi connectivity index (χ1) is 9.69. The highest BCUT2D eigenvalue weighted by atomic mass is 32.1. The van der Waals surface area contributed by atoms with Crippen LogP contribution >= 0.6 is 11.3 Å². The Bertz CT molecular complexity index is 828. The van der Waals surface area contributed by atoms with E-state index in [0.29, 0.717) is 15.2 Å². The van der Waals surface area contributed by atoms with Gasteiger partial charge in [0.1, 0.15) is 9.71 Å². The van der Waals surface area contributed by atoms with Gasteiger partial charge in [0.2, 0.25) is 0 Å². The van der Waals surface area contributed by atoms with Gasteiger partial charge in [-0.15, -0.1) is 11.3 Å². The first kappa shape index (κ1) is 12.6. The fourth-order valence-electron chi connectivity index (χ4n) is 1.92. The second-order valence-corrected chi connectivity index (χ2v) is 5.27. The molecule has 0 fully saturated rings. The summed E-state index contributed by atoms with van der Waals surface area (Å²) in [7, 11) is 0. The standard InChI is InChI=1S/C13H10FN3O2S/c14-19-10-5-1-4-9-12(10)20-11(16-9)7-17-6-2-3-8(15)13(17)18/h1-6H,7,15H2. The third-order valence-corrected chi connectivity index (χ3v) is 3.93. The molecule has 0 amide bonds. The summed E-state index contributed by atoms with van der Waals surface area (Å²) in [6, 6.07) is 8.19. The highest BCUT2D eigenvalue weighted by molar-refractivity contribution is 7.19. The molecule has 20 heavy (non-hydrogen) atoms. The monoisotopic (exact) mass is 291 g/mol. The molecule has 0 radical (unpaired) electrons. The normalized spacial score (nSPS) is 10.8. The van der Waals surface area contributed by atoms with Crippen LogP contribution in [0.1, 0.15) is 5.01 Å². The third kappa shape index (κ3) is 2.12. The lowest BCUT2D eigenvalue weighted by Crippen LogP contribution is -2.22. The van der Waals surface area contributed by atoms with Crippen molar-refractivity contribution < 1.29 is 9.47 Å². The summed E-state index contributed by atoms with van der Waals surface area (Å²) in [5.41, 5.74) is 6.12. The lowest BCUT2D eigenvalue weighted by atomic mass is 10.3. The van der Waals surface area contributed by atoms with Crippen LogP contribution in [0.15, 0.2) is 41.3 Å².